The average molecular weight is 305 g/mol. The summed E-state index contributed by atoms with van der Waals surface area (Å²) in [5.74, 6) is 5.10. The van der Waals surface area contributed by atoms with E-state index in [1.165, 1.54) is 0 Å². The first kappa shape index (κ1) is 23.6. The number of hydrazine groups is 1. The topological polar surface area (TPSA) is 197 Å². The number of carbonyl (C=O) groups is 1. The molecule has 1 aromatic carbocycles. The minimum atomic E-state index is -1.83. The van der Waals surface area contributed by atoms with Crippen molar-refractivity contribution in [3.8, 4) is 0 Å². The van der Waals surface area contributed by atoms with Crippen LogP contribution in [0.25, 0.3) is 0 Å². The van der Waals surface area contributed by atoms with Crippen LogP contribution in [0.15, 0.2) is 30.3 Å². The van der Waals surface area contributed by atoms with Crippen LogP contribution in [0.5, 0.6) is 0 Å². The van der Waals surface area contributed by atoms with Gasteiger partial charge in [-0.1, -0.05) is 18.2 Å². The van der Waals surface area contributed by atoms with Crippen LogP contribution in [0.3, 0.4) is 0 Å². The number of nitrogen functional groups attached to an aromatic ring is 1. The molecule has 1 aromatic rings. The van der Waals surface area contributed by atoms with E-state index in [4.69, 9.17) is 46.4 Å². The highest BCUT2D eigenvalue weighted by Gasteiger charge is 1.93. The Morgan fingerprint density at radius 2 is 1.57 bits per heavy atom. The Balaban J connectivity index is -0.000000223. The molecule has 0 spiro atoms. The van der Waals surface area contributed by atoms with Crippen molar-refractivity contribution < 1.29 is 35.1 Å². The molecule has 0 radical (unpaired) electrons. The van der Waals surface area contributed by atoms with E-state index >= 15 is 0 Å². The Hall–Kier alpha value is -2.49. The van der Waals surface area contributed by atoms with Crippen molar-refractivity contribution in [2.24, 2.45) is 5.84 Å². The third-order valence-electron chi connectivity index (χ3n) is 1.36. The molecular formula is C11H19N3O7. The molecule has 0 unspecified atom stereocenters. The molecule has 9 N–H and O–H groups in total. The van der Waals surface area contributed by atoms with Gasteiger partial charge in [0, 0.05) is 5.69 Å². The maximum atomic E-state index is 8.56. The summed E-state index contributed by atoms with van der Waals surface area (Å²) < 4.78 is 0. The molecular weight excluding hydrogens is 286 g/mol. The lowest BCUT2D eigenvalue weighted by Crippen LogP contribution is -2.15. The van der Waals surface area contributed by atoms with Crippen LogP contribution in [0.4, 0.5) is 10.5 Å². The van der Waals surface area contributed by atoms with Gasteiger partial charge in [0.15, 0.2) is 0 Å². The van der Waals surface area contributed by atoms with E-state index in [1.807, 2.05) is 30.3 Å². The molecule has 0 bridgehead atoms. The fourth-order valence-electron chi connectivity index (χ4n) is 0.592. The lowest BCUT2D eigenvalue weighted by atomic mass is 10.3. The summed E-state index contributed by atoms with van der Waals surface area (Å²) in [6.45, 7) is -0.729. The normalized spacial score (nSPS) is 7.67. The predicted molar refractivity (Wildman–Crippen MR) is 73.5 cm³/mol. The molecule has 0 aliphatic heterocycles. The molecule has 10 nitrogen and oxygen atoms in total. The molecule has 0 fully saturated rings. The van der Waals surface area contributed by atoms with E-state index in [-0.39, 0.29) is 13.2 Å². The van der Waals surface area contributed by atoms with Gasteiger partial charge in [-0.25, -0.2) is 15.0 Å². The standard InChI is InChI=1S/C6H8N2.C3H8O3.CHNO.CH2O3/c7-8-6-4-2-1-3-5-6;4-1-3(6)2-5;2-1-3;2-1(3)4/h1-5,8H,7H2;3-6H,1-2H2;2H;(H2,2,3,4). The number of rotatable bonds is 3. The number of benzene rings is 1. The Morgan fingerprint density at radius 3 is 1.71 bits per heavy atom. The van der Waals surface area contributed by atoms with Crippen LogP contribution < -0.4 is 11.3 Å². The third kappa shape index (κ3) is 31.8. The van der Waals surface area contributed by atoms with Crippen molar-refractivity contribution in [3.63, 3.8) is 0 Å². The fourth-order valence-corrected chi connectivity index (χ4v) is 0.592. The molecule has 21 heavy (non-hydrogen) atoms. The van der Waals surface area contributed by atoms with Gasteiger partial charge in [-0.3, -0.25) is 5.84 Å². The Kier molecular flexibility index (Phi) is 22.3. The minimum absolute atomic E-state index is 0.365. The highest BCUT2D eigenvalue weighted by Crippen LogP contribution is 2.00. The van der Waals surface area contributed by atoms with Gasteiger partial charge in [0.25, 0.3) is 0 Å². The van der Waals surface area contributed by atoms with Crippen LogP contribution in [0.1, 0.15) is 0 Å². The molecule has 0 heterocycles. The zero-order chi connectivity index (χ0) is 17.1. The van der Waals surface area contributed by atoms with Crippen LogP contribution in [0.2, 0.25) is 0 Å². The van der Waals surface area contributed by atoms with Crippen molar-refractivity contribution >= 4 is 17.9 Å². The molecule has 0 aromatic heterocycles. The zero-order valence-electron chi connectivity index (χ0n) is 11.0. The lowest BCUT2D eigenvalue weighted by molar-refractivity contribution is 0.0450. The molecule has 0 amide bonds. The quantitative estimate of drug-likeness (QED) is 0.156. The molecule has 120 valence electrons. The summed E-state index contributed by atoms with van der Waals surface area (Å²) in [6.07, 6.45) is -2.04. The molecule has 0 aliphatic carbocycles. The van der Waals surface area contributed by atoms with Crippen molar-refractivity contribution in [3.05, 3.63) is 30.3 Å². The van der Waals surface area contributed by atoms with E-state index in [2.05, 4.69) is 5.43 Å². The molecule has 0 atom stereocenters. The minimum Gasteiger partial charge on any atom is -0.450 e. The third-order valence-corrected chi connectivity index (χ3v) is 1.36. The first-order valence-electron chi connectivity index (χ1n) is 5.26. The van der Waals surface area contributed by atoms with Crippen LogP contribution in [-0.4, -0.2) is 57.1 Å². The average Bonchev–Trinajstić information content (AvgIpc) is 2.48. The number of nitrogens with two attached hydrogens (primary N) is 1. The van der Waals surface area contributed by atoms with Crippen LogP contribution in [0, 0.1) is 5.41 Å². The first-order valence-corrected chi connectivity index (χ1v) is 5.26. The number of carbonyl (C=O) groups excluding carboxylic acids is 1. The van der Waals surface area contributed by atoms with Crippen molar-refractivity contribution in [1.82, 2.24) is 0 Å². The Labute approximate surface area is 120 Å². The van der Waals surface area contributed by atoms with E-state index in [1.54, 1.807) is 0 Å². The summed E-state index contributed by atoms with van der Waals surface area (Å²) in [6, 6.07) is 9.60. The zero-order valence-corrected chi connectivity index (χ0v) is 11.0. The van der Waals surface area contributed by atoms with Gasteiger partial charge in [-0.05, 0) is 12.1 Å². The number of carboxylic acid groups (broad SMARTS) is 2. The lowest BCUT2D eigenvalue weighted by Gasteiger charge is -1.96. The summed E-state index contributed by atoms with van der Waals surface area (Å²) in [7, 11) is 0. The number of aliphatic hydroxyl groups is 3. The first-order chi connectivity index (χ1) is 9.89. The van der Waals surface area contributed by atoms with Gasteiger partial charge in [0.2, 0.25) is 6.08 Å². The SMILES string of the molecule is N=C=O.NNc1ccccc1.O=C(O)O.OCC(O)CO. The van der Waals surface area contributed by atoms with Crippen LogP contribution >= 0.6 is 0 Å². The maximum Gasteiger partial charge on any atom is 0.503 e. The second-order valence-electron chi connectivity index (χ2n) is 2.91. The highest BCUT2D eigenvalue weighted by molar-refractivity contribution is 5.53. The summed E-state index contributed by atoms with van der Waals surface area (Å²) >= 11 is 0. The van der Waals surface area contributed by atoms with Gasteiger partial charge < -0.3 is 31.0 Å². The molecule has 0 saturated carbocycles. The Bertz CT molecular complexity index is 361. The Morgan fingerprint density at radius 1 is 1.24 bits per heavy atom. The smallest absolute Gasteiger partial charge is 0.450 e. The van der Waals surface area contributed by atoms with E-state index in [0.717, 1.165) is 11.8 Å². The van der Waals surface area contributed by atoms with Crippen LogP contribution in [-0.2, 0) is 4.79 Å². The second kappa shape index (κ2) is 19.8. The number of anilines is 1. The molecule has 0 saturated heterocycles. The fraction of sp³-hybridized carbons (Fsp3) is 0.273. The number of aliphatic hydroxyl groups excluding tert-OH is 3. The maximum absolute atomic E-state index is 8.56. The van der Waals surface area contributed by atoms with Gasteiger partial charge in [-0.15, -0.1) is 0 Å². The number of nitrogens with one attached hydrogen (secondary N) is 2. The monoisotopic (exact) mass is 305 g/mol. The van der Waals surface area contributed by atoms with Gasteiger partial charge in [0.05, 0.1) is 13.2 Å². The van der Waals surface area contributed by atoms with E-state index < -0.39 is 12.3 Å². The number of hydrogen-bond acceptors (Lipinski definition) is 8. The van der Waals surface area contributed by atoms with E-state index in [0.29, 0.717) is 0 Å². The van der Waals surface area contributed by atoms with Gasteiger partial charge in [0.1, 0.15) is 6.10 Å². The second-order valence-corrected chi connectivity index (χ2v) is 2.91. The molecule has 0 aliphatic rings. The highest BCUT2D eigenvalue weighted by atomic mass is 16.6. The van der Waals surface area contributed by atoms with E-state index in [9.17, 15) is 0 Å². The summed E-state index contributed by atoms with van der Waals surface area (Å²) in [5.41, 5.74) is 3.46. The van der Waals surface area contributed by atoms with Crippen molar-refractivity contribution in [1.29, 1.82) is 5.41 Å². The van der Waals surface area contributed by atoms with Gasteiger partial charge >= 0.3 is 6.16 Å². The van der Waals surface area contributed by atoms with Gasteiger partial charge in [-0.2, -0.15) is 0 Å². The van der Waals surface area contributed by atoms with Crippen molar-refractivity contribution in [2.45, 2.75) is 6.10 Å². The number of para-hydroxylation sites is 1. The van der Waals surface area contributed by atoms with Crippen molar-refractivity contribution in [2.75, 3.05) is 18.6 Å². The largest absolute Gasteiger partial charge is 0.503 e. The summed E-state index contributed by atoms with van der Waals surface area (Å²) in [5, 5.41) is 43.4. The molecule has 10 heteroatoms. The predicted octanol–water partition coefficient (Wildman–Crippen LogP) is -0.573. The number of hydrogen-bond donors (Lipinski definition) is 8. The molecule has 1 rings (SSSR count). The number of isocyanates is 1. The summed E-state index contributed by atoms with van der Waals surface area (Å²) in [4.78, 5) is 16.9.